The fraction of sp³-hybridized carbons (Fsp3) is 0.167. The zero-order valence-electron chi connectivity index (χ0n) is 12.3. The molecule has 3 nitrogen and oxygen atoms in total. The normalized spacial score (nSPS) is 11.2. The quantitative estimate of drug-likeness (QED) is 0.543. The highest BCUT2D eigenvalue weighted by molar-refractivity contribution is 5.95. The fourth-order valence-corrected chi connectivity index (χ4v) is 2.73. The summed E-state index contributed by atoms with van der Waals surface area (Å²) in [5.41, 5.74) is 10.9. The van der Waals surface area contributed by atoms with Crippen molar-refractivity contribution in [3.63, 3.8) is 0 Å². The summed E-state index contributed by atoms with van der Waals surface area (Å²) in [6.45, 7) is 4.38. The highest BCUT2D eigenvalue weighted by Crippen LogP contribution is 2.31. The lowest BCUT2D eigenvalue weighted by Crippen LogP contribution is -2.02. The molecule has 3 rings (SSSR count). The van der Waals surface area contributed by atoms with Crippen molar-refractivity contribution >= 4 is 22.8 Å². The van der Waals surface area contributed by atoms with Gasteiger partial charge in [-0.3, -0.25) is 0 Å². The number of hydrogen-bond acceptors (Lipinski definition) is 2. The van der Waals surface area contributed by atoms with E-state index in [9.17, 15) is 0 Å². The van der Waals surface area contributed by atoms with Gasteiger partial charge in [0.25, 0.3) is 0 Å². The summed E-state index contributed by atoms with van der Waals surface area (Å²) < 4.78 is 2.26. The molecule has 0 aliphatic rings. The molecule has 0 aliphatic carbocycles. The minimum absolute atomic E-state index is 0.405. The lowest BCUT2D eigenvalue weighted by molar-refractivity contribution is 0.796. The van der Waals surface area contributed by atoms with Gasteiger partial charge in [0.1, 0.15) is 0 Å². The predicted octanol–water partition coefficient (Wildman–Crippen LogP) is 4.33. The molecule has 0 unspecified atom stereocenters. The molecule has 106 valence electrons. The SMILES string of the molecule is CC(C)c1cc2cc(N)c(C=N)cc2n1-c1ccccc1. The third-order valence-electron chi connectivity index (χ3n) is 3.80. The molecule has 0 saturated heterocycles. The summed E-state index contributed by atoms with van der Waals surface area (Å²) in [5.74, 6) is 0.405. The van der Waals surface area contributed by atoms with Gasteiger partial charge < -0.3 is 15.7 Å². The first-order valence-electron chi connectivity index (χ1n) is 7.12. The minimum Gasteiger partial charge on any atom is -0.398 e. The van der Waals surface area contributed by atoms with E-state index in [2.05, 4.69) is 36.6 Å². The van der Waals surface area contributed by atoms with Crippen molar-refractivity contribution in [1.29, 1.82) is 5.41 Å². The summed E-state index contributed by atoms with van der Waals surface area (Å²) in [4.78, 5) is 0. The second kappa shape index (κ2) is 5.09. The first kappa shape index (κ1) is 13.4. The Balaban J connectivity index is 2.39. The highest BCUT2D eigenvalue weighted by atomic mass is 15.0. The van der Waals surface area contributed by atoms with Gasteiger partial charge in [-0.05, 0) is 36.2 Å². The molecule has 0 fully saturated rings. The van der Waals surface area contributed by atoms with Crippen molar-refractivity contribution in [1.82, 2.24) is 4.57 Å². The number of aromatic nitrogens is 1. The van der Waals surface area contributed by atoms with Crippen molar-refractivity contribution in [3.05, 3.63) is 59.8 Å². The standard InChI is InChI=1S/C18H19N3/c1-12(2)17-9-13-8-16(20)14(11-19)10-18(13)21(17)15-6-4-3-5-7-15/h3-12,19H,20H2,1-2H3. The summed E-state index contributed by atoms with van der Waals surface area (Å²) in [6, 6.07) is 16.5. The van der Waals surface area contributed by atoms with Gasteiger partial charge in [0, 0.05) is 34.2 Å². The van der Waals surface area contributed by atoms with Crippen LogP contribution < -0.4 is 5.73 Å². The van der Waals surface area contributed by atoms with Crippen LogP contribution in [0.4, 0.5) is 5.69 Å². The Kier molecular flexibility index (Phi) is 3.26. The third-order valence-corrected chi connectivity index (χ3v) is 3.80. The van der Waals surface area contributed by atoms with Crippen LogP contribution in [0.1, 0.15) is 31.0 Å². The van der Waals surface area contributed by atoms with Gasteiger partial charge in [0.15, 0.2) is 0 Å². The number of rotatable bonds is 3. The third kappa shape index (κ3) is 2.21. The molecule has 0 radical (unpaired) electrons. The number of nitrogens with one attached hydrogen (secondary N) is 1. The molecular formula is C18H19N3. The van der Waals surface area contributed by atoms with Crippen LogP contribution in [-0.4, -0.2) is 10.8 Å². The Morgan fingerprint density at radius 3 is 2.43 bits per heavy atom. The molecule has 0 atom stereocenters. The molecule has 0 spiro atoms. The van der Waals surface area contributed by atoms with Crippen molar-refractivity contribution in [3.8, 4) is 5.69 Å². The molecular weight excluding hydrogens is 258 g/mol. The minimum atomic E-state index is 0.405. The summed E-state index contributed by atoms with van der Waals surface area (Å²) in [6.07, 6.45) is 1.31. The molecule has 1 aromatic heterocycles. The predicted molar refractivity (Wildman–Crippen MR) is 89.7 cm³/mol. The monoisotopic (exact) mass is 277 g/mol. The van der Waals surface area contributed by atoms with E-state index in [0.29, 0.717) is 11.6 Å². The molecule has 3 aromatic rings. The molecule has 3 heteroatoms. The second-order valence-corrected chi connectivity index (χ2v) is 5.58. The smallest absolute Gasteiger partial charge is 0.0539 e. The van der Waals surface area contributed by atoms with Crippen molar-refractivity contribution in [2.24, 2.45) is 0 Å². The van der Waals surface area contributed by atoms with E-state index in [1.807, 2.05) is 30.3 Å². The summed E-state index contributed by atoms with van der Waals surface area (Å²) >= 11 is 0. The lowest BCUT2D eigenvalue weighted by Gasteiger charge is -2.13. The number of nitrogen functional groups attached to an aromatic ring is 1. The van der Waals surface area contributed by atoms with Crippen molar-refractivity contribution < 1.29 is 0 Å². The van der Waals surface area contributed by atoms with Crippen LogP contribution in [0.2, 0.25) is 0 Å². The van der Waals surface area contributed by atoms with Gasteiger partial charge in [-0.1, -0.05) is 32.0 Å². The van der Waals surface area contributed by atoms with Gasteiger partial charge >= 0.3 is 0 Å². The number of fused-ring (bicyclic) bond motifs is 1. The van der Waals surface area contributed by atoms with Crippen LogP contribution in [0.5, 0.6) is 0 Å². The summed E-state index contributed by atoms with van der Waals surface area (Å²) in [5, 5.41) is 8.63. The maximum Gasteiger partial charge on any atom is 0.0539 e. The number of hydrogen-bond donors (Lipinski definition) is 2. The number of nitrogens with two attached hydrogens (primary N) is 1. The van der Waals surface area contributed by atoms with Gasteiger partial charge in [0.05, 0.1) is 5.52 Å². The highest BCUT2D eigenvalue weighted by Gasteiger charge is 2.14. The van der Waals surface area contributed by atoms with Gasteiger partial charge in [0.2, 0.25) is 0 Å². The van der Waals surface area contributed by atoms with Crippen LogP contribution in [0.3, 0.4) is 0 Å². The van der Waals surface area contributed by atoms with Crippen molar-refractivity contribution in [2.75, 3.05) is 5.73 Å². The number of benzene rings is 2. The number of anilines is 1. The van der Waals surface area contributed by atoms with Gasteiger partial charge in [-0.2, -0.15) is 0 Å². The van der Waals surface area contributed by atoms with Gasteiger partial charge in [-0.15, -0.1) is 0 Å². The Morgan fingerprint density at radius 2 is 1.81 bits per heavy atom. The Morgan fingerprint density at radius 1 is 1.10 bits per heavy atom. The molecule has 0 saturated carbocycles. The number of para-hydroxylation sites is 1. The molecule has 21 heavy (non-hydrogen) atoms. The first-order valence-corrected chi connectivity index (χ1v) is 7.12. The molecule has 1 heterocycles. The number of nitrogens with zero attached hydrogens (tertiary/aromatic N) is 1. The average Bonchev–Trinajstić information content (AvgIpc) is 2.85. The fourth-order valence-electron chi connectivity index (χ4n) is 2.73. The molecule has 2 aromatic carbocycles. The maximum absolute atomic E-state index is 7.51. The summed E-state index contributed by atoms with van der Waals surface area (Å²) in [7, 11) is 0. The van der Waals surface area contributed by atoms with E-state index in [1.165, 1.54) is 11.9 Å². The van der Waals surface area contributed by atoms with Crippen LogP contribution in [0.15, 0.2) is 48.5 Å². The van der Waals surface area contributed by atoms with E-state index in [4.69, 9.17) is 11.1 Å². The largest absolute Gasteiger partial charge is 0.398 e. The Bertz CT molecular complexity index is 798. The first-order chi connectivity index (χ1) is 10.1. The lowest BCUT2D eigenvalue weighted by atomic mass is 10.1. The molecule has 3 N–H and O–H groups in total. The molecule has 0 aliphatic heterocycles. The average molecular weight is 277 g/mol. The van der Waals surface area contributed by atoms with E-state index in [1.54, 1.807) is 0 Å². The van der Waals surface area contributed by atoms with E-state index in [0.717, 1.165) is 22.2 Å². The zero-order valence-corrected chi connectivity index (χ0v) is 12.3. The van der Waals surface area contributed by atoms with E-state index < -0.39 is 0 Å². The van der Waals surface area contributed by atoms with Crippen LogP contribution in [0, 0.1) is 5.41 Å². The van der Waals surface area contributed by atoms with Crippen LogP contribution >= 0.6 is 0 Å². The second-order valence-electron chi connectivity index (χ2n) is 5.58. The maximum atomic E-state index is 7.51. The Labute approximate surface area is 124 Å². The van der Waals surface area contributed by atoms with E-state index in [-0.39, 0.29) is 0 Å². The topological polar surface area (TPSA) is 54.8 Å². The van der Waals surface area contributed by atoms with Gasteiger partial charge in [-0.25, -0.2) is 0 Å². The van der Waals surface area contributed by atoms with E-state index >= 15 is 0 Å². The Hall–Kier alpha value is -2.55. The van der Waals surface area contributed by atoms with Crippen molar-refractivity contribution in [2.45, 2.75) is 19.8 Å². The molecule has 0 bridgehead atoms. The zero-order chi connectivity index (χ0) is 15.0. The van der Waals surface area contributed by atoms with Crippen LogP contribution in [0.25, 0.3) is 16.6 Å². The van der Waals surface area contributed by atoms with Crippen LogP contribution in [-0.2, 0) is 0 Å². The molecule has 0 amide bonds.